The zero-order valence-electron chi connectivity index (χ0n) is 14.4. The van der Waals surface area contributed by atoms with Gasteiger partial charge in [0.15, 0.2) is 0 Å². The van der Waals surface area contributed by atoms with Gasteiger partial charge in [0.1, 0.15) is 10.6 Å². The van der Waals surface area contributed by atoms with Crippen molar-refractivity contribution >= 4 is 27.0 Å². The van der Waals surface area contributed by atoms with Crippen molar-refractivity contribution < 1.29 is 8.42 Å². The standard InChI is InChI=1S/C17H19N3O3S2/c1-11-10-15(13(3)24-11)25(22,23)18-16-12(2)19(4)20(17(16)21)14-8-6-5-7-9-14/h5-10,18H,1-4H3. The Kier molecular flexibility index (Phi) is 4.34. The first-order valence-electron chi connectivity index (χ1n) is 7.66. The predicted molar refractivity (Wildman–Crippen MR) is 100 cm³/mol. The molecule has 0 aliphatic heterocycles. The third-order valence-electron chi connectivity index (χ3n) is 4.08. The van der Waals surface area contributed by atoms with Gasteiger partial charge >= 0.3 is 0 Å². The Morgan fingerprint density at radius 1 is 1.08 bits per heavy atom. The molecule has 132 valence electrons. The number of aromatic nitrogens is 2. The Morgan fingerprint density at radius 2 is 1.72 bits per heavy atom. The van der Waals surface area contributed by atoms with Crippen LogP contribution >= 0.6 is 11.3 Å². The lowest BCUT2D eigenvalue weighted by molar-refractivity contribution is 0.601. The van der Waals surface area contributed by atoms with E-state index in [1.165, 1.54) is 16.0 Å². The third kappa shape index (κ3) is 3.03. The number of para-hydroxylation sites is 1. The molecule has 6 nitrogen and oxygen atoms in total. The third-order valence-corrected chi connectivity index (χ3v) is 6.65. The molecule has 0 saturated heterocycles. The van der Waals surface area contributed by atoms with Gasteiger partial charge in [-0.2, -0.15) is 0 Å². The molecule has 3 aromatic rings. The molecule has 3 rings (SSSR count). The van der Waals surface area contributed by atoms with Crippen LogP contribution in [0.4, 0.5) is 5.69 Å². The van der Waals surface area contributed by atoms with Crippen LogP contribution in [0.25, 0.3) is 5.69 Å². The monoisotopic (exact) mass is 377 g/mol. The average Bonchev–Trinajstić information content (AvgIpc) is 3.01. The van der Waals surface area contributed by atoms with Gasteiger partial charge in [0, 0.05) is 16.8 Å². The minimum absolute atomic E-state index is 0.0645. The number of benzene rings is 1. The van der Waals surface area contributed by atoms with E-state index in [1.807, 2.05) is 25.1 Å². The van der Waals surface area contributed by atoms with Crippen LogP contribution < -0.4 is 10.3 Å². The minimum Gasteiger partial charge on any atom is -0.283 e. The lowest BCUT2D eigenvalue weighted by Gasteiger charge is -2.07. The van der Waals surface area contributed by atoms with Gasteiger partial charge in [-0.05, 0) is 39.0 Å². The lowest BCUT2D eigenvalue weighted by atomic mass is 10.3. The van der Waals surface area contributed by atoms with Crippen molar-refractivity contribution in [2.75, 3.05) is 4.72 Å². The van der Waals surface area contributed by atoms with Gasteiger partial charge in [0.25, 0.3) is 15.6 Å². The Balaban J connectivity index is 2.11. The summed E-state index contributed by atoms with van der Waals surface area (Å²) in [6.07, 6.45) is 0. The SMILES string of the molecule is Cc1cc(S(=O)(=O)Nc2c(C)n(C)n(-c3ccccc3)c2=O)c(C)s1. The number of sulfonamides is 1. The molecule has 25 heavy (non-hydrogen) atoms. The maximum Gasteiger partial charge on any atom is 0.296 e. The molecule has 2 aromatic heterocycles. The zero-order chi connectivity index (χ0) is 18.4. The van der Waals surface area contributed by atoms with Crippen molar-refractivity contribution in [3.8, 4) is 5.69 Å². The fourth-order valence-corrected chi connectivity index (χ4v) is 5.42. The van der Waals surface area contributed by atoms with Gasteiger partial charge in [-0.3, -0.25) is 14.2 Å². The molecule has 0 aliphatic carbocycles. The molecule has 0 aliphatic rings. The Morgan fingerprint density at radius 3 is 2.28 bits per heavy atom. The number of nitrogens with zero attached hydrogens (tertiary/aromatic N) is 2. The molecule has 0 fully saturated rings. The Labute approximate surface area is 150 Å². The molecule has 0 saturated carbocycles. The average molecular weight is 377 g/mol. The summed E-state index contributed by atoms with van der Waals surface area (Å²) in [5.41, 5.74) is 0.877. The predicted octanol–water partition coefficient (Wildman–Crippen LogP) is 2.96. The molecule has 0 spiro atoms. The number of thiophene rings is 1. The van der Waals surface area contributed by atoms with Crippen molar-refractivity contribution in [1.82, 2.24) is 9.36 Å². The minimum atomic E-state index is -3.82. The van der Waals surface area contributed by atoms with Gasteiger partial charge in [0.05, 0.1) is 11.4 Å². The Bertz CT molecular complexity index is 1090. The van der Waals surface area contributed by atoms with Gasteiger partial charge in [-0.15, -0.1) is 11.3 Å². The van der Waals surface area contributed by atoms with Crippen LogP contribution in [-0.2, 0) is 17.1 Å². The van der Waals surface area contributed by atoms with Crippen molar-refractivity contribution in [2.24, 2.45) is 7.05 Å². The number of hydrogen-bond donors (Lipinski definition) is 1. The molecule has 0 atom stereocenters. The molecule has 1 aromatic carbocycles. The second-order valence-corrected chi connectivity index (χ2v) is 8.93. The first kappa shape index (κ1) is 17.5. The first-order valence-corrected chi connectivity index (χ1v) is 9.96. The fourth-order valence-electron chi connectivity index (χ4n) is 2.75. The maximum absolute atomic E-state index is 12.8. The van der Waals surface area contributed by atoms with E-state index in [0.29, 0.717) is 16.3 Å². The van der Waals surface area contributed by atoms with E-state index in [9.17, 15) is 13.2 Å². The summed E-state index contributed by atoms with van der Waals surface area (Å²) in [5, 5.41) is 0. The fraction of sp³-hybridized carbons (Fsp3) is 0.235. The van der Waals surface area contributed by atoms with Crippen molar-refractivity contribution in [1.29, 1.82) is 0 Å². The maximum atomic E-state index is 12.8. The van der Waals surface area contributed by atoms with Gasteiger partial charge in [-0.25, -0.2) is 13.1 Å². The van der Waals surface area contributed by atoms with Crippen LogP contribution in [0.15, 0.2) is 46.1 Å². The number of anilines is 1. The van der Waals surface area contributed by atoms with Crippen molar-refractivity contribution in [3.63, 3.8) is 0 Å². The molecule has 0 radical (unpaired) electrons. The highest BCUT2D eigenvalue weighted by atomic mass is 32.2. The molecule has 0 amide bonds. The quantitative estimate of drug-likeness (QED) is 0.760. The highest BCUT2D eigenvalue weighted by Gasteiger charge is 2.24. The van der Waals surface area contributed by atoms with Gasteiger partial charge < -0.3 is 0 Å². The second kappa shape index (κ2) is 6.20. The highest BCUT2D eigenvalue weighted by molar-refractivity contribution is 7.93. The normalized spacial score (nSPS) is 11.7. The summed E-state index contributed by atoms with van der Waals surface area (Å²) < 4.78 is 31.0. The van der Waals surface area contributed by atoms with Crippen LogP contribution in [0.5, 0.6) is 0 Å². The number of aryl methyl sites for hydroxylation is 2. The molecule has 8 heteroatoms. The van der Waals surface area contributed by atoms with Gasteiger partial charge in [-0.1, -0.05) is 18.2 Å². The zero-order valence-corrected chi connectivity index (χ0v) is 16.0. The highest BCUT2D eigenvalue weighted by Crippen LogP contribution is 2.27. The Hall–Kier alpha value is -2.32. The summed E-state index contributed by atoms with van der Waals surface area (Å²) in [7, 11) is -2.10. The van der Waals surface area contributed by atoms with E-state index in [0.717, 1.165) is 4.88 Å². The van der Waals surface area contributed by atoms with E-state index in [4.69, 9.17) is 0 Å². The van der Waals surface area contributed by atoms with E-state index in [1.54, 1.807) is 43.8 Å². The summed E-state index contributed by atoms with van der Waals surface area (Å²) in [5.74, 6) is 0. The van der Waals surface area contributed by atoms with Crippen LogP contribution in [0.3, 0.4) is 0 Å². The molecule has 0 bridgehead atoms. The second-order valence-electron chi connectivity index (χ2n) is 5.82. The smallest absolute Gasteiger partial charge is 0.283 e. The molecular weight excluding hydrogens is 358 g/mol. The largest absolute Gasteiger partial charge is 0.296 e. The molecule has 1 N–H and O–H groups in total. The topological polar surface area (TPSA) is 73.1 Å². The van der Waals surface area contributed by atoms with Crippen LogP contribution in [0.1, 0.15) is 15.4 Å². The first-order chi connectivity index (χ1) is 11.7. The lowest BCUT2D eigenvalue weighted by Crippen LogP contribution is -2.23. The van der Waals surface area contributed by atoms with Crippen molar-refractivity contribution in [3.05, 3.63) is 62.2 Å². The number of rotatable bonds is 4. The van der Waals surface area contributed by atoms with E-state index in [-0.39, 0.29) is 10.6 Å². The van der Waals surface area contributed by atoms with Crippen molar-refractivity contribution in [2.45, 2.75) is 25.7 Å². The van der Waals surface area contributed by atoms with Crippen LogP contribution in [0.2, 0.25) is 0 Å². The summed E-state index contributed by atoms with van der Waals surface area (Å²) in [6.45, 7) is 5.32. The van der Waals surface area contributed by atoms with Crippen LogP contribution in [-0.4, -0.2) is 17.8 Å². The van der Waals surface area contributed by atoms with E-state index in [2.05, 4.69) is 4.72 Å². The van der Waals surface area contributed by atoms with Crippen LogP contribution in [0, 0.1) is 20.8 Å². The van der Waals surface area contributed by atoms with E-state index >= 15 is 0 Å². The summed E-state index contributed by atoms with van der Waals surface area (Å²) in [4.78, 5) is 14.6. The molecule has 0 unspecified atom stereocenters. The molecular formula is C17H19N3O3S2. The summed E-state index contributed by atoms with van der Waals surface area (Å²) in [6, 6.07) is 10.7. The van der Waals surface area contributed by atoms with Gasteiger partial charge in [0.2, 0.25) is 0 Å². The van der Waals surface area contributed by atoms with E-state index < -0.39 is 15.6 Å². The number of nitrogens with one attached hydrogen (secondary N) is 1. The molecule has 2 heterocycles. The summed E-state index contributed by atoms with van der Waals surface area (Å²) >= 11 is 1.41. The number of hydrogen-bond acceptors (Lipinski definition) is 4.